The first kappa shape index (κ1) is 21.2. The van der Waals surface area contributed by atoms with Gasteiger partial charge >= 0.3 is 5.97 Å². The number of hydrogen-bond acceptors (Lipinski definition) is 4. The maximum atomic E-state index is 10.9. The normalized spacial score (nSPS) is 10.8. The molecular formula is C17H34O2S2. The minimum absolute atomic E-state index is 0.0693. The maximum Gasteiger partial charge on any atom is 0.305 e. The molecule has 2 nitrogen and oxygen atoms in total. The number of carbonyl (C=O) groups excluding carboxylic acids is 1. The molecule has 21 heavy (non-hydrogen) atoms. The zero-order chi connectivity index (χ0) is 15.6. The van der Waals surface area contributed by atoms with Gasteiger partial charge in [-0.3, -0.25) is 4.79 Å². The van der Waals surface area contributed by atoms with Gasteiger partial charge in [-0.25, -0.2) is 0 Å². The first-order chi connectivity index (χ1) is 10.3. The van der Waals surface area contributed by atoms with Crippen LogP contribution in [0.1, 0.15) is 71.1 Å². The number of ether oxygens (including phenoxy) is 1. The van der Waals surface area contributed by atoms with Crippen LogP contribution in [0, 0.1) is 0 Å². The smallest absolute Gasteiger partial charge is 0.305 e. The number of hydrogen-bond donors (Lipinski definition) is 0. The molecule has 0 saturated carbocycles. The molecule has 0 aromatic heterocycles. The standard InChI is InChI=1S/C17H34O2S2/c1-3-13-20-15-11-16-21-14-10-8-6-4-5-7-9-12-17(18)19-2/h3-16H2,1-2H3. The molecule has 0 aromatic carbocycles. The lowest BCUT2D eigenvalue weighted by atomic mass is 10.1. The summed E-state index contributed by atoms with van der Waals surface area (Å²) < 4.78 is 4.63. The van der Waals surface area contributed by atoms with Gasteiger partial charge in [0.15, 0.2) is 0 Å². The Balaban J connectivity index is 2.98. The minimum atomic E-state index is -0.0693. The third-order valence-electron chi connectivity index (χ3n) is 3.32. The van der Waals surface area contributed by atoms with Crippen molar-refractivity contribution in [2.45, 2.75) is 71.1 Å². The Hall–Kier alpha value is 0.170. The van der Waals surface area contributed by atoms with Crippen molar-refractivity contribution in [2.24, 2.45) is 0 Å². The molecule has 0 aliphatic carbocycles. The molecule has 0 aliphatic heterocycles. The van der Waals surface area contributed by atoms with Crippen molar-refractivity contribution in [3.63, 3.8) is 0 Å². The van der Waals surface area contributed by atoms with Gasteiger partial charge in [0.2, 0.25) is 0 Å². The molecule has 0 rings (SSSR count). The Bertz CT molecular complexity index is 223. The van der Waals surface area contributed by atoms with E-state index in [0.717, 1.165) is 6.42 Å². The van der Waals surface area contributed by atoms with Crippen LogP contribution in [-0.2, 0) is 9.53 Å². The Labute approximate surface area is 140 Å². The lowest BCUT2D eigenvalue weighted by Crippen LogP contribution is -1.99. The molecule has 0 radical (unpaired) electrons. The molecule has 0 amide bonds. The highest BCUT2D eigenvalue weighted by Crippen LogP contribution is 2.13. The van der Waals surface area contributed by atoms with Crippen molar-refractivity contribution >= 4 is 29.5 Å². The summed E-state index contributed by atoms with van der Waals surface area (Å²) in [6, 6.07) is 0. The summed E-state index contributed by atoms with van der Waals surface area (Å²) in [5, 5.41) is 0. The highest BCUT2D eigenvalue weighted by molar-refractivity contribution is 8.00. The van der Waals surface area contributed by atoms with Gasteiger partial charge in [-0.15, -0.1) is 0 Å². The van der Waals surface area contributed by atoms with Gasteiger partial charge in [-0.05, 0) is 48.7 Å². The topological polar surface area (TPSA) is 26.3 Å². The Morgan fingerprint density at radius 3 is 1.90 bits per heavy atom. The molecule has 0 aromatic rings. The average Bonchev–Trinajstić information content (AvgIpc) is 2.50. The highest BCUT2D eigenvalue weighted by Gasteiger charge is 1.99. The van der Waals surface area contributed by atoms with E-state index in [-0.39, 0.29) is 5.97 Å². The molecule has 4 heteroatoms. The first-order valence-electron chi connectivity index (χ1n) is 8.53. The second kappa shape index (κ2) is 18.2. The Morgan fingerprint density at radius 2 is 1.29 bits per heavy atom. The van der Waals surface area contributed by atoms with Crippen LogP contribution in [0.15, 0.2) is 0 Å². The van der Waals surface area contributed by atoms with Gasteiger partial charge in [-0.1, -0.05) is 39.0 Å². The highest BCUT2D eigenvalue weighted by atomic mass is 32.2. The lowest BCUT2D eigenvalue weighted by molar-refractivity contribution is -0.140. The Morgan fingerprint density at radius 1 is 0.762 bits per heavy atom. The van der Waals surface area contributed by atoms with E-state index in [1.165, 1.54) is 81.5 Å². The van der Waals surface area contributed by atoms with Crippen LogP contribution >= 0.6 is 23.5 Å². The third kappa shape index (κ3) is 18.1. The van der Waals surface area contributed by atoms with E-state index in [4.69, 9.17) is 0 Å². The number of esters is 1. The monoisotopic (exact) mass is 334 g/mol. The summed E-state index contributed by atoms with van der Waals surface area (Å²) in [6.07, 6.45) is 12.1. The lowest BCUT2D eigenvalue weighted by Gasteiger charge is -2.03. The number of rotatable bonds is 16. The largest absolute Gasteiger partial charge is 0.469 e. The zero-order valence-electron chi connectivity index (χ0n) is 14.0. The molecule has 0 aliphatic rings. The molecule has 0 atom stereocenters. The van der Waals surface area contributed by atoms with Gasteiger partial charge in [0.05, 0.1) is 7.11 Å². The maximum absolute atomic E-state index is 10.9. The molecule has 0 fully saturated rings. The third-order valence-corrected chi connectivity index (χ3v) is 5.75. The Kier molecular flexibility index (Phi) is 18.4. The predicted molar refractivity (Wildman–Crippen MR) is 98.5 cm³/mol. The van der Waals surface area contributed by atoms with Crippen LogP contribution in [0.4, 0.5) is 0 Å². The molecule has 0 saturated heterocycles. The first-order valence-corrected chi connectivity index (χ1v) is 10.8. The van der Waals surface area contributed by atoms with E-state index in [0.29, 0.717) is 6.42 Å². The predicted octanol–water partition coefficient (Wildman–Crippen LogP) is 5.55. The van der Waals surface area contributed by atoms with Crippen molar-refractivity contribution in [2.75, 3.05) is 30.1 Å². The molecule has 0 spiro atoms. The second-order valence-corrected chi connectivity index (χ2v) is 7.83. The number of thioether (sulfide) groups is 2. The summed E-state index contributed by atoms with van der Waals surface area (Å²) in [5.74, 6) is 5.27. The van der Waals surface area contributed by atoms with Crippen molar-refractivity contribution < 1.29 is 9.53 Å². The summed E-state index contributed by atoms with van der Waals surface area (Å²) >= 11 is 4.22. The van der Waals surface area contributed by atoms with E-state index in [2.05, 4.69) is 35.2 Å². The van der Waals surface area contributed by atoms with Crippen LogP contribution in [0.2, 0.25) is 0 Å². The molecule has 0 bridgehead atoms. The van der Waals surface area contributed by atoms with Gasteiger partial charge in [-0.2, -0.15) is 23.5 Å². The SMILES string of the molecule is CCCSCCCSCCCCCCCCCC(=O)OC. The molecule has 126 valence electrons. The number of unbranched alkanes of at least 4 members (excludes halogenated alkanes) is 6. The van der Waals surface area contributed by atoms with Gasteiger partial charge in [0.1, 0.15) is 0 Å². The number of methoxy groups -OCH3 is 1. The van der Waals surface area contributed by atoms with Crippen LogP contribution < -0.4 is 0 Å². The molecule has 0 N–H and O–H groups in total. The van der Waals surface area contributed by atoms with Crippen LogP contribution in [0.3, 0.4) is 0 Å². The van der Waals surface area contributed by atoms with Gasteiger partial charge in [0.25, 0.3) is 0 Å². The molecule has 0 heterocycles. The summed E-state index contributed by atoms with van der Waals surface area (Å²) in [4.78, 5) is 10.9. The minimum Gasteiger partial charge on any atom is -0.469 e. The second-order valence-electron chi connectivity index (χ2n) is 5.38. The summed E-state index contributed by atoms with van der Waals surface area (Å²) in [6.45, 7) is 2.25. The van der Waals surface area contributed by atoms with E-state index in [1.807, 2.05) is 0 Å². The van der Waals surface area contributed by atoms with Crippen molar-refractivity contribution in [3.8, 4) is 0 Å². The van der Waals surface area contributed by atoms with E-state index in [9.17, 15) is 4.79 Å². The van der Waals surface area contributed by atoms with Crippen molar-refractivity contribution in [1.29, 1.82) is 0 Å². The summed E-state index contributed by atoms with van der Waals surface area (Å²) in [7, 11) is 1.46. The van der Waals surface area contributed by atoms with E-state index >= 15 is 0 Å². The van der Waals surface area contributed by atoms with Crippen LogP contribution in [-0.4, -0.2) is 36.1 Å². The average molecular weight is 335 g/mol. The van der Waals surface area contributed by atoms with E-state index in [1.54, 1.807) is 0 Å². The molecule has 0 unspecified atom stereocenters. The fourth-order valence-electron chi connectivity index (χ4n) is 2.07. The zero-order valence-corrected chi connectivity index (χ0v) is 15.7. The summed E-state index contributed by atoms with van der Waals surface area (Å²) in [5.41, 5.74) is 0. The van der Waals surface area contributed by atoms with Crippen molar-refractivity contribution in [3.05, 3.63) is 0 Å². The van der Waals surface area contributed by atoms with Crippen molar-refractivity contribution in [1.82, 2.24) is 0 Å². The van der Waals surface area contributed by atoms with Crippen LogP contribution in [0.25, 0.3) is 0 Å². The van der Waals surface area contributed by atoms with Gasteiger partial charge in [0, 0.05) is 6.42 Å². The number of carbonyl (C=O) groups is 1. The quantitative estimate of drug-likeness (QED) is 0.273. The van der Waals surface area contributed by atoms with Crippen LogP contribution in [0.5, 0.6) is 0 Å². The molecular weight excluding hydrogens is 300 g/mol. The van der Waals surface area contributed by atoms with Gasteiger partial charge < -0.3 is 4.74 Å². The fourth-order valence-corrected chi connectivity index (χ4v) is 4.06. The fraction of sp³-hybridized carbons (Fsp3) is 0.941. The van der Waals surface area contributed by atoms with E-state index < -0.39 is 0 Å².